The fourth-order valence-corrected chi connectivity index (χ4v) is 1.77. The molecule has 0 radical (unpaired) electrons. The molecule has 0 aromatic carbocycles. The molecule has 0 aliphatic heterocycles. The van der Waals surface area contributed by atoms with Gasteiger partial charge in [-0.05, 0) is 30.2 Å². The maximum Gasteiger partial charge on any atom is 0.163 e. The molecule has 90 valence electrons. The lowest BCUT2D eigenvalue weighted by Gasteiger charge is -2.09. The summed E-state index contributed by atoms with van der Waals surface area (Å²) in [5, 5.41) is 12.2. The van der Waals surface area contributed by atoms with Crippen LogP contribution in [0.3, 0.4) is 0 Å². The van der Waals surface area contributed by atoms with E-state index >= 15 is 0 Å². The van der Waals surface area contributed by atoms with Gasteiger partial charge in [0.25, 0.3) is 0 Å². The van der Waals surface area contributed by atoms with Crippen molar-refractivity contribution in [2.75, 3.05) is 5.32 Å². The van der Waals surface area contributed by atoms with E-state index in [1.54, 1.807) is 12.4 Å². The van der Waals surface area contributed by atoms with Crippen molar-refractivity contribution in [1.29, 1.82) is 5.26 Å². The second kappa shape index (κ2) is 5.78. The normalized spacial score (nSPS) is 9.78. The fraction of sp³-hybridized carbons (Fsp3) is 0.214. The summed E-state index contributed by atoms with van der Waals surface area (Å²) in [6, 6.07) is 9.73. The zero-order chi connectivity index (χ0) is 12.8. The highest BCUT2D eigenvalue weighted by Gasteiger charge is 2.04. The van der Waals surface area contributed by atoms with E-state index < -0.39 is 0 Å². The lowest BCUT2D eigenvalue weighted by molar-refractivity contribution is 0.969. The summed E-state index contributed by atoms with van der Waals surface area (Å²) >= 11 is 0. The maximum absolute atomic E-state index is 8.95. The van der Waals surface area contributed by atoms with Crippen molar-refractivity contribution >= 4 is 5.69 Å². The van der Waals surface area contributed by atoms with E-state index in [2.05, 4.69) is 34.3 Å². The van der Waals surface area contributed by atoms with E-state index in [0.717, 1.165) is 17.8 Å². The number of aromatic nitrogens is 2. The first-order valence-corrected chi connectivity index (χ1v) is 5.87. The zero-order valence-corrected chi connectivity index (χ0v) is 10.2. The Kier molecular flexibility index (Phi) is 3.87. The number of nitrogens with one attached hydrogen (secondary N) is 1. The average Bonchev–Trinajstić information content (AvgIpc) is 2.45. The Morgan fingerprint density at radius 3 is 2.78 bits per heavy atom. The lowest BCUT2D eigenvalue weighted by Crippen LogP contribution is -2.06. The van der Waals surface area contributed by atoms with Gasteiger partial charge in [0, 0.05) is 12.4 Å². The van der Waals surface area contributed by atoms with Crippen LogP contribution in [0, 0.1) is 11.3 Å². The molecule has 0 aliphatic rings. The number of pyridine rings is 2. The van der Waals surface area contributed by atoms with Crippen molar-refractivity contribution < 1.29 is 0 Å². The summed E-state index contributed by atoms with van der Waals surface area (Å²) in [7, 11) is 0. The molecular formula is C14H14N4. The van der Waals surface area contributed by atoms with E-state index in [-0.39, 0.29) is 0 Å². The SMILES string of the molecule is CCc1cccnc1CNc1cccnc1C#N. The van der Waals surface area contributed by atoms with Crippen molar-refractivity contribution in [1.82, 2.24) is 9.97 Å². The number of nitrogens with zero attached hydrogens (tertiary/aromatic N) is 3. The maximum atomic E-state index is 8.95. The van der Waals surface area contributed by atoms with Crippen LogP contribution in [0.5, 0.6) is 0 Å². The Hall–Kier alpha value is -2.41. The molecule has 0 atom stereocenters. The first-order valence-electron chi connectivity index (χ1n) is 5.87. The molecule has 2 aromatic heterocycles. The summed E-state index contributed by atoms with van der Waals surface area (Å²) in [6.07, 6.45) is 4.34. The monoisotopic (exact) mass is 238 g/mol. The minimum Gasteiger partial charge on any atom is -0.377 e. The van der Waals surface area contributed by atoms with Gasteiger partial charge in [-0.2, -0.15) is 5.26 Å². The minimum atomic E-state index is 0.409. The Balaban J connectivity index is 2.14. The minimum absolute atomic E-state index is 0.409. The molecule has 0 saturated heterocycles. The van der Waals surface area contributed by atoms with Crippen LogP contribution < -0.4 is 5.32 Å². The molecular weight excluding hydrogens is 224 g/mol. The van der Waals surface area contributed by atoms with Crippen molar-refractivity contribution in [2.24, 2.45) is 0 Å². The van der Waals surface area contributed by atoms with Crippen LogP contribution in [-0.2, 0) is 13.0 Å². The largest absolute Gasteiger partial charge is 0.377 e. The zero-order valence-electron chi connectivity index (χ0n) is 10.2. The quantitative estimate of drug-likeness (QED) is 0.889. The van der Waals surface area contributed by atoms with Crippen molar-refractivity contribution in [3.05, 3.63) is 53.6 Å². The molecule has 2 rings (SSSR count). The number of aryl methyl sites for hydroxylation is 1. The highest BCUT2D eigenvalue weighted by molar-refractivity contribution is 5.53. The number of rotatable bonds is 4. The van der Waals surface area contributed by atoms with E-state index in [4.69, 9.17) is 5.26 Å². The van der Waals surface area contributed by atoms with Gasteiger partial charge in [0.05, 0.1) is 17.9 Å². The number of anilines is 1. The predicted molar refractivity (Wildman–Crippen MR) is 69.9 cm³/mol. The van der Waals surface area contributed by atoms with Gasteiger partial charge in [0.1, 0.15) is 6.07 Å². The molecule has 2 aromatic rings. The van der Waals surface area contributed by atoms with E-state index in [0.29, 0.717) is 12.2 Å². The fourth-order valence-electron chi connectivity index (χ4n) is 1.77. The van der Waals surface area contributed by atoms with Crippen LogP contribution in [-0.4, -0.2) is 9.97 Å². The third-order valence-electron chi connectivity index (χ3n) is 2.73. The van der Waals surface area contributed by atoms with Gasteiger partial charge in [0.15, 0.2) is 5.69 Å². The van der Waals surface area contributed by atoms with Gasteiger partial charge in [-0.15, -0.1) is 0 Å². The molecule has 4 heteroatoms. The molecule has 0 aliphatic carbocycles. The Bertz CT molecular complexity index is 572. The van der Waals surface area contributed by atoms with Crippen LogP contribution in [0.2, 0.25) is 0 Å². The molecule has 0 amide bonds. The van der Waals surface area contributed by atoms with E-state index in [1.807, 2.05) is 18.2 Å². The molecule has 18 heavy (non-hydrogen) atoms. The van der Waals surface area contributed by atoms with Gasteiger partial charge in [-0.3, -0.25) is 4.98 Å². The average molecular weight is 238 g/mol. The van der Waals surface area contributed by atoms with Crippen LogP contribution in [0.25, 0.3) is 0 Å². The second-order valence-electron chi connectivity index (χ2n) is 3.83. The first-order chi connectivity index (χ1) is 8.85. The van der Waals surface area contributed by atoms with Crippen molar-refractivity contribution in [3.8, 4) is 6.07 Å². The molecule has 0 spiro atoms. The third kappa shape index (κ3) is 2.64. The van der Waals surface area contributed by atoms with Gasteiger partial charge < -0.3 is 5.32 Å². The highest BCUT2D eigenvalue weighted by atomic mass is 14.9. The molecule has 1 N–H and O–H groups in total. The smallest absolute Gasteiger partial charge is 0.163 e. The molecule has 2 heterocycles. The summed E-state index contributed by atoms with van der Waals surface area (Å²) < 4.78 is 0. The van der Waals surface area contributed by atoms with Gasteiger partial charge >= 0.3 is 0 Å². The van der Waals surface area contributed by atoms with Gasteiger partial charge in [0.2, 0.25) is 0 Å². The van der Waals surface area contributed by atoms with Gasteiger partial charge in [-0.25, -0.2) is 4.98 Å². The molecule has 0 saturated carbocycles. The third-order valence-corrected chi connectivity index (χ3v) is 2.73. The standard InChI is InChI=1S/C14H14N4/c1-2-11-5-3-7-17-14(11)10-18-12-6-4-8-16-13(12)9-15/h3-8,18H,2,10H2,1H3. The predicted octanol–water partition coefficient (Wildman–Crippen LogP) is 2.52. The lowest BCUT2D eigenvalue weighted by atomic mass is 10.1. The summed E-state index contributed by atoms with van der Waals surface area (Å²) in [6.45, 7) is 2.70. The number of nitriles is 1. The Morgan fingerprint density at radius 1 is 1.22 bits per heavy atom. The summed E-state index contributed by atoms with van der Waals surface area (Å²) in [5.74, 6) is 0. The molecule has 0 unspecified atom stereocenters. The summed E-state index contributed by atoms with van der Waals surface area (Å²) in [5.41, 5.74) is 3.37. The topological polar surface area (TPSA) is 61.6 Å². The van der Waals surface area contributed by atoms with E-state index in [9.17, 15) is 0 Å². The van der Waals surface area contributed by atoms with E-state index in [1.165, 1.54) is 5.56 Å². The van der Waals surface area contributed by atoms with Gasteiger partial charge in [-0.1, -0.05) is 13.0 Å². The Labute approximate surface area is 106 Å². The highest BCUT2D eigenvalue weighted by Crippen LogP contribution is 2.13. The van der Waals surface area contributed by atoms with Crippen LogP contribution in [0.1, 0.15) is 23.9 Å². The summed E-state index contributed by atoms with van der Waals surface area (Å²) in [4.78, 5) is 8.36. The van der Waals surface area contributed by atoms with Crippen LogP contribution >= 0.6 is 0 Å². The number of hydrogen-bond acceptors (Lipinski definition) is 4. The van der Waals surface area contributed by atoms with Crippen LogP contribution in [0.4, 0.5) is 5.69 Å². The Morgan fingerprint density at radius 2 is 2.00 bits per heavy atom. The number of hydrogen-bond donors (Lipinski definition) is 1. The van der Waals surface area contributed by atoms with Crippen molar-refractivity contribution in [2.45, 2.75) is 19.9 Å². The first kappa shape index (κ1) is 12.1. The van der Waals surface area contributed by atoms with Crippen LogP contribution in [0.15, 0.2) is 36.7 Å². The molecule has 0 bridgehead atoms. The van der Waals surface area contributed by atoms with Crippen molar-refractivity contribution in [3.63, 3.8) is 0 Å². The second-order valence-corrected chi connectivity index (χ2v) is 3.83. The molecule has 0 fully saturated rings. The molecule has 4 nitrogen and oxygen atoms in total.